The standard InChI is InChI=1S/C65H37N5OS/c1-4-18-38(19-5-1)52-37-53(39-20-6-2-7-21-39)67-65(66-52)59-43-25-11-10-24-41(43)35-56-60(59)58-51(36-50-46-28-13-12-26-44(46)45-27-14-15-30-49(45)57(50)61(58)72-56)64-69-62(40-22-8-3-9-23-40)68-63(70-64)42-32-33-48-47-29-16-17-31-54(47)71-55(48)34-42/h1-37H. The molecule has 0 aliphatic rings. The Morgan fingerprint density at radius 1 is 0.306 bits per heavy atom. The average Bonchev–Trinajstić information content (AvgIpc) is 4.03. The maximum Gasteiger partial charge on any atom is 0.164 e. The Labute approximate surface area is 416 Å². The topological polar surface area (TPSA) is 77.6 Å². The lowest BCUT2D eigenvalue weighted by molar-refractivity contribution is 0.669. The number of para-hydroxylation sites is 1. The van der Waals surface area contributed by atoms with Crippen molar-refractivity contribution in [2.45, 2.75) is 0 Å². The quantitative estimate of drug-likeness (QED) is 0.155. The van der Waals surface area contributed by atoms with Crippen molar-refractivity contribution in [3.05, 3.63) is 224 Å². The van der Waals surface area contributed by atoms with E-state index in [0.29, 0.717) is 23.3 Å². The van der Waals surface area contributed by atoms with Crippen LogP contribution in [0, 0.1) is 0 Å². The molecule has 0 amide bonds. The second-order valence-electron chi connectivity index (χ2n) is 18.3. The molecule has 0 bridgehead atoms. The highest BCUT2D eigenvalue weighted by atomic mass is 32.1. The minimum absolute atomic E-state index is 0.550. The Morgan fingerprint density at radius 3 is 1.53 bits per heavy atom. The summed E-state index contributed by atoms with van der Waals surface area (Å²) in [6.07, 6.45) is 0. The molecule has 4 heterocycles. The van der Waals surface area contributed by atoms with Gasteiger partial charge in [0.1, 0.15) is 11.2 Å². The first-order valence-electron chi connectivity index (χ1n) is 24.1. The second kappa shape index (κ2) is 16.1. The first-order chi connectivity index (χ1) is 35.7. The van der Waals surface area contributed by atoms with Gasteiger partial charge in [0.15, 0.2) is 23.3 Å². The maximum absolute atomic E-state index is 6.45. The van der Waals surface area contributed by atoms with Crippen molar-refractivity contribution in [3.8, 4) is 68.1 Å². The number of benzene rings is 11. The van der Waals surface area contributed by atoms with Crippen LogP contribution in [0.2, 0.25) is 0 Å². The molecule has 72 heavy (non-hydrogen) atoms. The molecule has 0 aliphatic carbocycles. The molecule has 0 N–H and O–H groups in total. The fraction of sp³-hybridized carbons (Fsp3) is 0. The molecule has 0 spiro atoms. The van der Waals surface area contributed by atoms with Gasteiger partial charge in [0.05, 0.1) is 11.4 Å². The third-order valence-corrected chi connectivity index (χ3v) is 15.2. The summed E-state index contributed by atoms with van der Waals surface area (Å²) in [5.74, 6) is 2.34. The van der Waals surface area contributed by atoms with Gasteiger partial charge in [-0.3, -0.25) is 0 Å². The predicted octanol–water partition coefficient (Wildman–Crippen LogP) is 17.5. The van der Waals surface area contributed by atoms with E-state index >= 15 is 0 Å². The van der Waals surface area contributed by atoms with Crippen LogP contribution in [0.3, 0.4) is 0 Å². The number of fused-ring (bicyclic) bond motifs is 14. The van der Waals surface area contributed by atoms with Gasteiger partial charge in [-0.25, -0.2) is 24.9 Å². The predicted molar refractivity (Wildman–Crippen MR) is 298 cm³/mol. The van der Waals surface area contributed by atoms with Gasteiger partial charge in [0.2, 0.25) is 0 Å². The molecule has 0 saturated heterocycles. The van der Waals surface area contributed by atoms with Crippen molar-refractivity contribution in [1.29, 1.82) is 0 Å². The van der Waals surface area contributed by atoms with E-state index in [-0.39, 0.29) is 0 Å². The molecule has 7 heteroatoms. The fourth-order valence-electron chi connectivity index (χ4n) is 10.8. The number of hydrogen-bond donors (Lipinski definition) is 0. The van der Waals surface area contributed by atoms with Gasteiger partial charge in [0.25, 0.3) is 0 Å². The van der Waals surface area contributed by atoms with Crippen LogP contribution < -0.4 is 0 Å². The number of aromatic nitrogens is 5. The van der Waals surface area contributed by atoms with Gasteiger partial charge >= 0.3 is 0 Å². The molecular formula is C65H37N5OS. The third kappa shape index (κ3) is 6.38. The van der Waals surface area contributed by atoms with Crippen LogP contribution in [0.25, 0.3) is 153 Å². The molecule has 15 rings (SSSR count). The van der Waals surface area contributed by atoms with Crippen molar-refractivity contribution in [1.82, 2.24) is 24.9 Å². The molecular weight excluding hydrogens is 899 g/mol. The second-order valence-corrected chi connectivity index (χ2v) is 19.3. The molecule has 0 unspecified atom stereocenters. The highest BCUT2D eigenvalue weighted by molar-refractivity contribution is 7.27. The van der Waals surface area contributed by atoms with Gasteiger partial charge in [-0.2, -0.15) is 0 Å². The molecule has 6 nitrogen and oxygen atoms in total. The summed E-state index contributed by atoms with van der Waals surface area (Å²) in [6, 6.07) is 78.4. The Kier molecular flexibility index (Phi) is 9.03. The number of furan rings is 1. The minimum Gasteiger partial charge on any atom is -0.456 e. The summed E-state index contributed by atoms with van der Waals surface area (Å²) in [5, 5.41) is 13.5. The maximum atomic E-state index is 6.45. The molecule has 0 saturated carbocycles. The largest absolute Gasteiger partial charge is 0.456 e. The lowest BCUT2D eigenvalue weighted by Crippen LogP contribution is -2.01. The van der Waals surface area contributed by atoms with Crippen LogP contribution in [0.15, 0.2) is 229 Å². The minimum atomic E-state index is 0.550. The van der Waals surface area contributed by atoms with Crippen LogP contribution in [-0.4, -0.2) is 24.9 Å². The summed E-state index contributed by atoms with van der Waals surface area (Å²) in [7, 11) is 0. The van der Waals surface area contributed by atoms with E-state index in [1.807, 2.05) is 59.9 Å². The Hall–Kier alpha value is -9.43. The van der Waals surface area contributed by atoms with E-state index in [0.717, 1.165) is 108 Å². The van der Waals surface area contributed by atoms with Gasteiger partial charge in [-0.05, 0) is 74.1 Å². The average molecular weight is 936 g/mol. The van der Waals surface area contributed by atoms with E-state index in [4.69, 9.17) is 29.3 Å². The Balaban J connectivity index is 1.12. The smallest absolute Gasteiger partial charge is 0.164 e. The van der Waals surface area contributed by atoms with Crippen LogP contribution in [0.5, 0.6) is 0 Å². The zero-order chi connectivity index (χ0) is 47.3. The summed E-state index contributed by atoms with van der Waals surface area (Å²) in [6.45, 7) is 0. The van der Waals surface area contributed by atoms with Crippen molar-refractivity contribution in [2.75, 3.05) is 0 Å². The number of thiophene rings is 1. The SMILES string of the molecule is c1ccc(-c2cc(-c3ccccc3)nc(-c3c4ccccc4cc4sc5c(c(-c6nc(-c7ccccc7)nc(-c7ccc8c(c7)oc7ccccc78)n6)cc6c7ccccc7c7ccccc7c65)c34)n2)cc1. The molecule has 0 aliphatic heterocycles. The lowest BCUT2D eigenvalue weighted by Gasteiger charge is -2.16. The summed E-state index contributed by atoms with van der Waals surface area (Å²) in [5.41, 5.74) is 8.92. The van der Waals surface area contributed by atoms with Crippen LogP contribution >= 0.6 is 11.3 Å². The third-order valence-electron chi connectivity index (χ3n) is 14.1. The molecule has 15 aromatic rings. The van der Waals surface area contributed by atoms with E-state index in [2.05, 4.69) is 176 Å². The lowest BCUT2D eigenvalue weighted by atomic mass is 9.89. The normalized spacial score (nSPS) is 11.9. The zero-order valence-corrected chi connectivity index (χ0v) is 39.2. The van der Waals surface area contributed by atoms with Crippen LogP contribution in [0.1, 0.15) is 0 Å². The summed E-state index contributed by atoms with van der Waals surface area (Å²) >= 11 is 1.81. The number of rotatable bonds is 6. The Morgan fingerprint density at radius 2 is 0.833 bits per heavy atom. The van der Waals surface area contributed by atoms with E-state index in [9.17, 15) is 0 Å². The molecule has 4 aromatic heterocycles. The van der Waals surface area contributed by atoms with E-state index < -0.39 is 0 Å². The summed E-state index contributed by atoms with van der Waals surface area (Å²) < 4.78 is 8.71. The fourth-order valence-corrected chi connectivity index (χ4v) is 12.2. The molecule has 334 valence electrons. The highest BCUT2D eigenvalue weighted by Gasteiger charge is 2.26. The van der Waals surface area contributed by atoms with Crippen molar-refractivity contribution in [2.24, 2.45) is 0 Å². The van der Waals surface area contributed by atoms with E-state index in [1.54, 1.807) is 0 Å². The first-order valence-corrected chi connectivity index (χ1v) is 24.9. The first kappa shape index (κ1) is 40.5. The Bertz CT molecular complexity index is 4630. The van der Waals surface area contributed by atoms with Gasteiger partial charge in [-0.15, -0.1) is 11.3 Å². The van der Waals surface area contributed by atoms with Gasteiger partial charge in [-0.1, -0.05) is 188 Å². The van der Waals surface area contributed by atoms with Crippen molar-refractivity contribution < 1.29 is 4.42 Å². The molecule has 0 atom stereocenters. The van der Waals surface area contributed by atoms with Crippen LogP contribution in [0.4, 0.5) is 0 Å². The molecule has 0 fully saturated rings. The number of nitrogens with zero attached hydrogens (tertiary/aromatic N) is 5. The monoisotopic (exact) mass is 935 g/mol. The number of hydrogen-bond acceptors (Lipinski definition) is 7. The van der Waals surface area contributed by atoms with Gasteiger partial charge in [0, 0.05) is 69.7 Å². The summed E-state index contributed by atoms with van der Waals surface area (Å²) in [4.78, 5) is 27.3. The molecule has 0 radical (unpaired) electrons. The van der Waals surface area contributed by atoms with Crippen molar-refractivity contribution >= 4 is 96.5 Å². The highest BCUT2D eigenvalue weighted by Crippen LogP contribution is 2.52. The van der Waals surface area contributed by atoms with Crippen molar-refractivity contribution in [3.63, 3.8) is 0 Å². The van der Waals surface area contributed by atoms with Gasteiger partial charge < -0.3 is 4.42 Å². The van der Waals surface area contributed by atoms with E-state index in [1.165, 1.54) is 21.5 Å². The zero-order valence-electron chi connectivity index (χ0n) is 38.4. The molecule has 11 aromatic carbocycles. The van der Waals surface area contributed by atoms with Crippen LogP contribution in [-0.2, 0) is 0 Å².